The first-order chi connectivity index (χ1) is 19.1. The van der Waals surface area contributed by atoms with Crippen molar-refractivity contribution in [2.24, 2.45) is 0 Å². The molecule has 1 fully saturated rings. The van der Waals surface area contributed by atoms with Crippen LogP contribution in [-0.2, 0) is 10.8 Å². The van der Waals surface area contributed by atoms with Crippen LogP contribution in [0.5, 0.6) is 0 Å². The van der Waals surface area contributed by atoms with Crippen molar-refractivity contribution in [1.29, 1.82) is 0 Å². The van der Waals surface area contributed by atoms with Gasteiger partial charge < -0.3 is 0 Å². The van der Waals surface area contributed by atoms with Gasteiger partial charge in [-0.1, -0.05) is 124 Å². The predicted octanol–water partition coefficient (Wildman–Crippen LogP) is 10.6. The summed E-state index contributed by atoms with van der Waals surface area (Å²) in [5, 5.41) is 0. The van der Waals surface area contributed by atoms with Crippen LogP contribution in [0.4, 0.5) is 0 Å². The van der Waals surface area contributed by atoms with Crippen molar-refractivity contribution >= 4 is 0 Å². The van der Waals surface area contributed by atoms with Gasteiger partial charge in [0.1, 0.15) is 0 Å². The van der Waals surface area contributed by atoms with Crippen molar-refractivity contribution in [3.05, 3.63) is 131 Å². The Balaban J connectivity index is 1.23. The van der Waals surface area contributed by atoms with Gasteiger partial charge in [0.05, 0.1) is 0 Å². The van der Waals surface area contributed by atoms with Gasteiger partial charge in [-0.05, 0) is 97.8 Å². The van der Waals surface area contributed by atoms with Crippen LogP contribution < -0.4 is 0 Å². The molecule has 1 spiro atoms. The summed E-state index contributed by atoms with van der Waals surface area (Å²) in [6.07, 6.45) is 6.57. The second-order valence-electron chi connectivity index (χ2n) is 12.5. The Bertz CT molecular complexity index is 1750. The zero-order chi connectivity index (χ0) is 26.2. The van der Waals surface area contributed by atoms with E-state index in [-0.39, 0.29) is 10.8 Å². The molecule has 0 nitrogen and oxygen atoms in total. The molecule has 0 N–H and O–H groups in total. The van der Waals surface area contributed by atoms with E-state index in [1.807, 2.05) is 0 Å². The summed E-state index contributed by atoms with van der Waals surface area (Å²) in [7, 11) is 0. The molecule has 0 heteroatoms. The van der Waals surface area contributed by atoms with Gasteiger partial charge in [0.15, 0.2) is 0 Å². The topological polar surface area (TPSA) is 0 Å². The highest BCUT2D eigenvalue weighted by Crippen LogP contribution is 2.57. The van der Waals surface area contributed by atoms with Crippen LogP contribution in [0.3, 0.4) is 0 Å². The highest BCUT2D eigenvalue weighted by Gasteiger charge is 2.43. The minimum Gasteiger partial charge on any atom is -0.0622 e. The van der Waals surface area contributed by atoms with Gasteiger partial charge in [0.25, 0.3) is 0 Å². The van der Waals surface area contributed by atoms with Crippen LogP contribution in [0.2, 0.25) is 0 Å². The summed E-state index contributed by atoms with van der Waals surface area (Å²) in [6, 6.07) is 41.5. The van der Waals surface area contributed by atoms with Gasteiger partial charge in [-0.2, -0.15) is 0 Å². The Morgan fingerprint density at radius 2 is 0.897 bits per heavy atom. The van der Waals surface area contributed by atoms with Gasteiger partial charge in [0.2, 0.25) is 0 Å². The minimum absolute atomic E-state index is 0.0387. The zero-order valence-corrected chi connectivity index (χ0v) is 22.9. The number of fused-ring (bicyclic) bond motifs is 8. The molecule has 3 aliphatic rings. The summed E-state index contributed by atoms with van der Waals surface area (Å²) < 4.78 is 0. The van der Waals surface area contributed by atoms with E-state index < -0.39 is 0 Å². The Morgan fingerprint density at radius 1 is 0.410 bits per heavy atom. The lowest BCUT2D eigenvalue weighted by atomic mass is 9.67. The maximum absolute atomic E-state index is 2.55. The number of hydrogen-bond acceptors (Lipinski definition) is 0. The molecule has 0 heterocycles. The van der Waals surface area contributed by atoms with Crippen LogP contribution in [0.25, 0.3) is 44.5 Å². The predicted molar refractivity (Wildman–Crippen MR) is 164 cm³/mol. The van der Waals surface area contributed by atoms with Gasteiger partial charge >= 0.3 is 0 Å². The van der Waals surface area contributed by atoms with Crippen molar-refractivity contribution in [1.82, 2.24) is 0 Å². The Hall–Kier alpha value is -3.90. The molecule has 1 saturated carbocycles. The Labute approximate surface area is 232 Å². The van der Waals surface area contributed by atoms with E-state index in [2.05, 4.69) is 123 Å². The number of rotatable bonds is 2. The molecular formula is C39H34. The van der Waals surface area contributed by atoms with Crippen LogP contribution in [0.1, 0.15) is 68.2 Å². The van der Waals surface area contributed by atoms with Crippen molar-refractivity contribution in [3.63, 3.8) is 0 Å². The van der Waals surface area contributed by atoms with Gasteiger partial charge in [-0.15, -0.1) is 0 Å². The average molecular weight is 503 g/mol. The lowest BCUT2D eigenvalue weighted by Gasteiger charge is -2.36. The largest absolute Gasteiger partial charge is 0.0622 e. The smallest absolute Gasteiger partial charge is 0.0215 e. The van der Waals surface area contributed by atoms with Gasteiger partial charge in [-0.3, -0.25) is 0 Å². The molecule has 0 saturated heterocycles. The van der Waals surface area contributed by atoms with E-state index in [9.17, 15) is 0 Å². The fourth-order valence-corrected chi connectivity index (χ4v) is 8.06. The molecule has 3 aliphatic carbocycles. The summed E-state index contributed by atoms with van der Waals surface area (Å²) in [5.41, 5.74) is 17.1. The van der Waals surface area contributed by atoms with E-state index in [0.717, 1.165) is 0 Å². The molecule has 0 bridgehead atoms. The molecule has 5 aromatic rings. The third kappa shape index (κ3) is 3.24. The second-order valence-corrected chi connectivity index (χ2v) is 12.5. The molecule has 0 aromatic heterocycles. The maximum Gasteiger partial charge on any atom is 0.0215 e. The van der Waals surface area contributed by atoms with Gasteiger partial charge in [-0.25, -0.2) is 0 Å². The maximum atomic E-state index is 2.55. The fourth-order valence-electron chi connectivity index (χ4n) is 8.06. The van der Waals surface area contributed by atoms with E-state index in [1.165, 1.54) is 87.7 Å². The molecule has 0 aliphatic heterocycles. The average Bonchev–Trinajstić information content (AvgIpc) is 3.38. The quantitative estimate of drug-likeness (QED) is 0.225. The van der Waals surface area contributed by atoms with Crippen LogP contribution >= 0.6 is 0 Å². The molecule has 190 valence electrons. The van der Waals surface area contributed by atoms with Crippen molar-refractivity contribution in [2.45, 2.75) is 56.8 Å². The molecule has 0 radical (unpaired) electrons. The lowest BCUT2D eigenvalue weighted by molar-refractivity contribution is 0.353. The standard InChI is InChI=1S/C39H34/c1-38(2)35-23-27(26-11-5-3-6-12-26)15-18-31(35)32-19-16-28(24-36(32)38)29-17-20-33-30-13-7-8-14-34(30)39(37(33)25-29)21-9-4-10-22-39/h3,5-8,11-20,23-25H,4,9-10,21-22H2,1-2H3. The van der Waals surface area contributed by atoms with Crippen LogP contribution in [0.15, 0.2) is 109 Å². The van der Waals surface area contributed by atoms with E-state index in [4.69, 9.17) is 0 Å². The second kappa shape index (κ2) is 8.30. The molecule has 39 heavy (non-hydrogen) atoms. The Morgan fingerprint density at radius 3 is 1.54 bits per heavy atom. The van der Waals surface area contributed by atoms with Crippen molar-refractivity contribution < 1.29 is 0 Å². The van der Waals surface area contributed by atoms with Crippen LogP contribution in [0, 0.1) is 0 Å². The fraction of sp³-hybridized carbons (Fsp3) is 0.231. The summed E-state index contributed by atoms with van der Waals surface area (Å²) in [6.45, 7) is 4.79. The number of hydrogen-bond donors (Lipinski definition) is 0. The summed E-state index contributed by atoms with van der Waals surface area (Å²) in [4.78, 5) is 0. The molecular weight excluding hydrogens is 468 g/mol. The third-order valence-electron chi connectivity index (χ3n) is 10.1. The first kappa shape index (κ1) is 23.0. The zero-order valence-electron chi connectivity index (χ0n) is 22.9. The first-order valence-corrected chi connectivity index (χ1v) is 14.7. The van der Waals surface area contributed by atoms with E-state index in [1.54, 1.807) is 11.1 Å². The molecule has 0 amide bonds. The molecule has 0 atom stereocenters. The molecule has 0 unspecified atom stereocenters. The summed E-state index contributed by atoms with van der Waals surface area (Å²) in [5.74, 6) is 0. The first-order valence-electron chi connectivity index (χ1n) is 14.7. The normalized spacial score (nSPS) is 17.4. The Kier molecular flexibility index (Phi) is 4.90. The highest BCUT2D eigenvalue weighted by atomic mass is 14.5. The van der Waals surface area contributed by atoms with E-state index in [0.29, 0.717) is 0 Å². The third-order valence-corrected chi connectivity index (χ3v) is 10.1. The lowest BCUT2D eigenvalue weighted by Crippen LogP contribution is -2.28. The van der Waals surface area contributed by atoms with Gasteiger partial charge in [0, 0.05) is 10.8 Å². The van der Waals surface area contributed by atoms with Crippen LogP contribution in [-0.4, -0.2) is 0 Å². The molecule has 8 rings (SSSR count). The number of benzene rings is 5. The monoisotopic (exact) mass is 502 g/mol. The van der Waals surface area contributed by atoms with Crippen molar-refractivity contribution in [2.75, 3.05) is 0 Å². The van der Waals surface area contributed by atoms with Crippen molar-refractivity contribution in [3.8, 4) is 44.5 Å². The van der Waals surface area contributed by atoms with E-state index >= 15 is 0 Å². The minimum atomic E-state index is -0.0387. The SMILES string of the molecule is CC1(C)c2cc(-c3ccccc3)ccc2-c2ccc(-c3ccc4c(c3)C3(CCCCC3)c3ccccc3-4)cc21. The molecule has 5 aromatic carbocycles. The summed E-state index contributed by atoms with van der Waals surface area (Å²) >= 11 is 0. The highest BCUT2D eigenvalue weighted by molar-refractivity contribution is 5.87.